The van der Waals surface area contributed by atoms with Gasteiger partial charge in [0.25, 0.3) is 0 Å². The molecule has 3 rings (SSSR count). The van der Waals surface area contributed by atoms with Gasteiger partial charge in [0.15, 0.2) is 0 Å². The van der Waals surface area contributed by atoms with Crippen LogP contribution in [0.1, 0.15) is 5.56 Å². The first-order valence-corrected chi connectivity index (χ1v) is 7.64. The molecule has 1 aliphatic heterocycles. The number of ether oxygens (including phenoxy) is 1. The Bertz CT molecular complexity index is 842. The summed E-state index contributed by atoms with van der Waals surface area (Å²) < 4.78 is 55.4. The zero-order chi connectivity index (χ0) is 15.0. The van der Waals surface area contributed by atoms with Crippen molar-refractivity contribution in [3.05, 3.63) is 65.1 Å². The van der Waals surface area contributed by atoms with Gasteiger partial charge in [-0.15, -0.1) is 0 Å². The predicted octanol–water partition coefficient (Wildman–Crippen LogP) is 3.17. The Morgan fingerprint density at radius 3 is 2.52 bits per heavy atom. The van der Waals surface area contributed by atoms with E-state index in [1.165, 1.54) is 30.3 Å². The van der Waals surface area contributed by atoms with E-state index in [9.17, 15) is 17.2 Å². The molecule has 0 unspecified atom stereocenters. The van der Waals surface area contributed by atoms with Crippen molar-refractivity contribution in [1.29, 1.82) is 0 Å². The maximum absolute atomic E-state index is 13.2. The van der Waals surface area contributed by atoms with Crippen LogP contribution in [-0.2, 0) is 9.84 Å². The summed E-state index contributed by atoms with van der Waals surface area (Å²) in [5.41, 5.74) is 0.821. The Hall–Kier alpha value is -2.21. The molecule has 1 heterocycles. The van der Waals surface area contributed by atoms with E-state index >= 15 is 0 Å². The summed E-state index contributed by atoms with van der Waals surface area (Å²) in [6.45, 7) is -0.0404. The predicted molar refractivity (Wildman–Crippen MR) is 73.5 cm³/mol. The quantitative estimate of drug-likeness (QED) is 0.874. The van der Waals surface area contributed by atoms with Gasteiger partial charge in [0.2, 0.25) is 9.84 Å². The third kappa shape index (κ3) is 2.67. The van der Waals surface area contributed by atoms with Gasteiger partial charge in [-0.05, 0) is 24.3 Å². The number of hydrogen-bond donors (Lipinski definition) is 0. The van der Waals surface area contributed by atoms with Gasteiger partial charge >= 0.3 is 0 Å². The molecule has 1 aliphatic rings. The normalized spacial score (nSPS) is 15.4. The molecule has 2 aromatic rings. The average molecular weight is 308 g/mol. The van der Waals surface area contributed by atoms with Crippen molar-refractivity contribution >= 4 is 15.4 Å². The minimum Gasteiger partial charge on any atom is -0.489 e. The van der Waals surface area contributed by atoms with Crippen LogP contribution < -0.4 is 4.74 Å². The van der Waals surface area contributed by atoms with Crippen molar-refractivity contribution in [1.82, 2.24) is 0 Å². The van der Waals surface area contributed by atoms with Gasteiger partial charge in [-0.25, -0.2) is 17.2 Å². The van der Waals surface area contributed by atoms with Crippen LogP contribution in [0.15, 0.2) is 52.8 Å². The van der Waals surface area contributed by atoms with Crippen molar-refractivity contribution in [2.75, 3.05) is 6.61 Å². The molecule has 0 aliphatic carbocycles. The molecule has 0 fully saturated rings. The van der Waals surface area contributed by atoms with E-state index in [4.69, 9.17) is 4.74 Å². The number of benzene rings is 2. The van der Waals surface area contributed by atoms with E-state index in [1.54, 1.807) is 6.07 Å². The fourth-order valence-corrected chi connectivity index (χ4v) is 3.62. The Labute approximate surface area is 120 Å². The van der Waals surface area contributed by atoms with Crippen LogP contribution in [0.3, 0.4) is 0 Å². The van der Waals surface area contributed by atoms with Gasteiger partial charge in [0.05, 0.1) is 4.90 Å². The summed E-state index contributed by atoms with van der Waals surface area (Å²) in [6, 6.07) is 9.12. The highest BCUT2D eigenvalue weighted by Crippen LogP contribution is 2.34. The highest BCUT2D eigenvalue weighted by atomic mass is 32.2. The molecular weight excluding hydrogens is 298 g/mol. The smallest absolute Gasteiger partial charge is 0.200 e. The molecule has 6 heteroatoms. The first-order chi connectivity index (χ1) is 9.95. The lowest BCUT2D eigenvalue weighted by Crippen LogP contribution is -2.00. The largest absolute Gasteiger partial charge is 0.489 e. The van der Waals surface area contributed by atoms with Gasteiger partial charge in [-0.1, -0.05) is 12.1 Å². The number of halogens is 2. The second-order valence-corrected chi connectivity index (χ2v) is 6.34. The Morgan fingerprint density at radius 1 is 1.00 bits per heavy atom. The molecule has 0 atom stereocenters. The molecule has 0 amide bonds. The molecule has 108 valence electrons. The number of hydrogen-bond acceptors (Lipinski definition) is 3. The van der Waals surface area contributed by atoms with Crippen LogP contribution in [0.2, 0.25) is 0 Å². The monoisotopic (exact) mass is 308 g/mol. The lowest BCUT2D eigenvalue weighted by Gasteiger charge is -2.08. The minimum atomic E-state index is -3.65. The number of fused-ring (bicyclic) bond motifs is 1. The van der Waals surface area contributed by atoms with Crippen LogP contribution in [0.5, 0.6) is 5.75 Å². The van der Waals surface area contributed by atoms with Crippen LogP contribution in [0.4, 0.5) is 8.78 Å². The lowest BCUT2D eigenvalue weighted by atomic mass is 10.1. The highest BCUT2D eigenvalue weighted by Gasteiger charge is 2.27. The van der Waals surface area contributed by atoms with Crippen molar-refractivity contribution in [2.45, 2.75) is 4.90 Å². The van der Waals surface area contributed by atoms with Crippen LogP contribution in [-0.4, -0.2) is 15.0 Å². The topological polar surface area (TPSA) is 43.4 Å². The third-order valence-electron chi connectivity index (χ3n) is 3.08. The van der Waals surface area contributed by atoms with Crippen LogP contribution in [0.25, 0.3) is 5.57 Å². The minimum absolute atomic E-state index is 0.0404. The lowest BCUT2D eigenvalue weighted by molar-refractivity contribution is 0.367. The van der Waals surface area contributed by atoms with E-state index in [-0.39, 0.29) is 11.5 Å². The van der Waals surface area contributed by atoms with Gasteiger partial charge in [-0.2, -0.15) is 0 Å². The van der Waals surface area contributed by atoms with Gasteiger partial charge in [-0.3, -0.25) is 0 Å². The summed E-state index contributed by atoms with van der Waals surface area (Å²) in [7, 11) is -3.65. The van der Waals surface area contributed by atoms with Crippen molar-refractivity contribution in [2.24, 2.45) is 0 Å². The summed E-state index contributed by atoms with van der Waals surface area (Å²) in [5.74, 6) is -0.759. The molecular formula is C15H10F2O3S. The Kier molecular flexibility index (Phi) is 3.25. The van der Waals surface area contributed by atoms with Crippen molar-refractivity contribution in [3.63, 3.8) is 0 Å². The molecule has 0 saturated heterocycles. The van der Waals surface area contributed by atoms with Crippen molar-refractivity contribution in [3.8, 4) is 5.75 Å². The van der Waals surface area contributed by atoms with Gasteiger partial charge in [0, 0.05) is 22.6 Å². The summed E-state index contributed by atoms with van der Waals surface area (Å²) in [5, 5.41) is 1.05. The SMILES string of the molecule is O=S1(=O)C=C(COc2cccc(F)c2)c2ccc(F)cc21. The molecule has 0 aromatic heterocycles. The van der Waals surface area contributed by atoms with Crippen LogP contribution >= 0.6 is 0 Å². The highest BCUT2D eigenvalue weighted by molar-refractivity contribution is 7.95. The first-order valence-electron chi connectivity index (χ1n) is 6.10. The summed E-state index contributed by atoms with van der Waals surface area (Å²) in [4.78, 5) is -0.0691. The summed E-state index contributed by atoms with van der Waals surface area (Å²) in [6.07, 6.45) is 0. The maximum atomic E-state index is 13.2. The van der Waals surface area contributed by atoms with E-state index < -0.39 is 21.5 Å². The number of rotatable bonds is 3. The summed E-state index contributed by atoms with van der Waals surface area (Å²) >= 11 is 0. The molecule has 0 N–H and O–H groups in total. The molecule has 0 saturated carbocycles. The second kappa shape index (κ2) is 4.96. The van der Waals surface area contributed by atoms with E-state index in [0.29, 0.717) is 16.9 Å². The fourth-order valence-electron chi connectivity index (χ4n) is 2.14. The first kappa shape index (κ1) is 13.8. The zero-order valence-corrected chi connectivity index (χ0v) is 11.5. The van der Waals surface area contributed by atoms with E-state index in [0.717, 1.165) is 11.5 Å². The van der Waals surface area contributed by atoms with E-state index in [2.05, 4.69) is 0 Å². The van der Waals surface area contributed by atoms with Crippen LogP contribution in [0, 0.1) is 11.6 Å². The van der Waals surface area contributed by atoms with Gasteiger partial charge in [0.1, 0.15) is 24.0 Å². The average Bonchev–Trinajstić information content (AvgIpc) is 2.68. The molecule has 21 heavy (non-hydrogen) atoms. The fraction of sp³-hybridized carbons (Fsp3) is 0.0667. The number of sulfone groups is 1. The van der Waals surface area contributed by atoms with E-state index in [1.807, 2.05) is 0 Å². The zero-order valence-electron chi connectivity index (χ0n) is 10.7. The molecule has 2 aromatic carbocycles. The molecule has 0 radical (unpaired) electrons. The Morgan fingerprint density at radius 2 is 1.76 bits per heavy atom. The molecule has 0 bridgehead atoms. The second-order valence-electron chi connectivity index (χ2n) is 4.57. The van der Waals surface area contributed by atoms with Crippen molar-refractivity contribution < 1.29 is 21.9 Å². The molecule has 0 spiro atoms. The Balaban J connectivity index is 1.88. The van der Waals surface area contributed by atoms with Gasteiger partial charge < -0.3 is 4.74 Å². The third-order valence-corrected chi connectivity index (χ3v) is 4.63. The maximum Gasteiger partial charge on any atom is 0.200 e. The molecule has 3 nitrogen and oxygen atoms in total. The standard InChI is InChI=1S/C15H10F2O3S/c16-11-2-1-3-13(6-11)20-8-10-9-21(18,19)15-7-12(17)4-5-14(10)15/h1-7,9H,8H2.